The number of amides is 1. The molecule has 0 aliphatic carbocycles. The molecular formula is C18H29BrN2OS. The average Bonchev–Trinajstić information content (AvgIpc) is 2.55. The number of halogens is 1. The van der Waals surface area contributed by atoms with Gasteiger partial charge in [-0.25, -0.2) is 4.99 Å². The Morgan fingerprint density at radius 1 is 1.35 bits per heavy atom. The normalized spacial score (nSPS) is 14.4. The molecule has 0 aliphatic heterocycles. The Labute approximate surface area is 153 Å². The molecule has 0 saturated carbocycles. The first kappa shape index (κ1) is 22.4. The van der Waals surface area contributed by atoms with Gasteiger partial charge in [0.15, 0.2) is 0 Å². The fraction of sp³-hybridized carbons (Fsp3) is 0.556. The molecule has 1 aromatic rings. The highest BCUT2D eigenvalue weighted by molar-refractivity contribution is 9.10. The van der Waals surface area contributed by atoms with Crippen molar-refractivity contribution in [3.05, 3.63) is 34.3 Å². The fourth-order valence-corrected chi connectivity index (χ4v) is 3.67. The summed E-state index contributed by atoms with van der Waals surface area (Å²) in [6, 6.07) is 8.35. The van der Waals surface area contributed by atoms with Gasteiger partial charge in [-0.05, 0) is 38.1 Å². The molecule has 23 heavy (non-hydrogen) atoms. The van der Waals surface area contributed by atoms with Gasteiger partial charge in [0.1, 0.15) is 0 Å². The van der Waals surface area contributed by atoms with Crippen LogP contribution < -0.4 is 5.32 Å². The number of benzene rings is 1. The number of carbonyl (C=O) groups excluding carboxylic acids is 1. The number of nitrogens with one attached hydrogen (secondary N) is 1. The lowest BCUT2D eigenvalue weighted by Gasteiger charge is -2.30. The minimum Gasteiger partial charge on any atom is -0.301 e. The molecule has 3 nitrogen and oxygen atoms in total. The SMILES string of the molecule is C=NC(=O)C(C)(SCN[C@@H](C)c1ccccc1Br)C(C)C.CC. The summed E-state index contributed by atoms with van der Waals surface area (Å²) in [6.45, 7) is 15.5. The molecular weight excluding hydrogens is 372 g/mol. The predicted molar refractivity (Wildman–Crippen MR) is 107 cm³/mol. The highest BCUT2D eigenvalue weighted by Gasteiger charge is 2.36. The summed E-state index contributed by atoms with van der Waals surface area (Å²) in [5, 5.41) is 3.45. The van der Waals surface area contributed by atoms with Crippen LogP contribution in [0.1, 0.15) is 53.1 Å². The van der Waals surface area contributed by atoms with E-state index in [1.165, 1.54) is 5.56 Å². The van der Waals surface area contributed by atoms with Crippen molar-refractivity contribution in [3.8, 4) is 0 Å². The van der Waals surface area contributed by atoms with Crippen LogP contribution in [0.2, 0.25) is 0 Å². The van der Waals surface area contributed by atoms with E-state index in [4.69, 9.17) is 0 Å². The van der Waals surface area contributed by atoms with Crippen molar-refractivity contribution >= 4 is 40.3 Å². The third-order valence-corrected chi connectivity index (χ3v) is 6.08. The second-order valence-corrected chi connectivity index (χ2v) is 7.74. The van der Waals surface area contributed by atoms with Gasteiger partial charge < -0.3 is 5.32 Å². The van der Waals surface area contributed by atoms with Crippen LogP contribution in [0.5, 0.6) is 0 Å². The summed E-state index contributed by atoms with van der Waals surface area (Å²) in [6.07, 6.45) is 0. The van der Waals surface area contributed by atoms with Gasteiger partial charge in [0, 0.05) is 16.4 Å². The topological polar surface area (TPSA) is 41.5 Å². The van der Waals surface area contributed by atoms with Gasteiger partial charge in [-0.15, -0.1) is 11.8 Å². The predicted octanol–water partition coefficient (Wildman–Crippen LogP) is 5.46. The molecule has 0 spiro atoms. The number of rotatable bonds is 7. The van der Waals surface area contributed by atoms with Crippen molar-refractivity contribution in [1.29, 1.82) is 0 Å². The van der Waals surface area contributed by atoms with E-state index >= 15 is 0 Å². The Morgan fingerprint density at radius 3 is 2.39 bits per heavy atom. The molecule has 5 heteroatoms. The first-order chi connectivity index (χ1) is 10.8. The molecule has 1 aromatic carbocycles. The Kier molecular flexibility index (Phi) is 10.7. The largest absolute Gasteiger partial charge is 0.301 e. The van der Waals surface area contributed by atoms with Gasteiger partial charge in [0.05, 0.1) is 4.75 Å². The Balaban J connectivity index is 0.00000232. The highest BCUT2D eigenvalue weighted by atomic mass is 79.9. The van der Waals surface area contributed by atoms with Crippen LogP contribution in [0.3, 0.4) is 0 Å². The summed E-state index contributed by atoms with van der Waals surface area (Å²) in [5.41, 5.74) is 1.21. The fourth-order valence-electron chi connectivity index (χ4n) is 1.89. The van der Waals surface area contributed by atoms with E-state index in [-0.39, 0.29) is 17.9 Å². The van der Waals surface area contributed by atoms with Gasteiger partial charge in [0.2, 0.25) is 0 Å². The summed E-state index contributed by atoms with van der Waals surface area (Å²) >= 11 is 5.15. The van der Waals surface area contributed by atoms with E-state index in [0.717, 1.165) is 4.47 Å². The van der Waals surface area contributed by atoms with Crippen LogP contribution in [-0.2, 0) is 4.79 Å². The van der Waals surface area contributed by atoms with Crippen molar-refractivity contribution < 1.29 is 4.79 Å². The van der Waals surface area contributed by atoms with E-state index in [9.17, 15) is 4.79 Å². The Hall–Kier alpha value is -0.650. The molecule has 1 unspecified atom stereocenters. The molecule has 1 amide bonds. The molecule has 0 bridgehead atoms. The molecule has 2 atom stereocenters. The second kappa shape index (κ2) is 11.0. The van der Waals surface area contributed by atoms with Crippen LogP contribution in [0, 0.1) is 5.92 Å². The van der Waals surface area contributed by atoms with Gasteiger partial charge in [-0.1, -0.05) is 61.8 Å². The van der Waals surface area contributed by atoms with Crippen LogP contribution in [-0.4, -0.2) is 23.2 Å². The molecule has 0 heterocycles. The van der Waals surface area contributed by atoms with Gasteiger partial charge in [-0.2, -0.15) is 0 Å². The second-order valence-electron chi connectivity index (χ2n) is 5.46. The summed E-state index contributed by atoms with van der Waals surface area (Å²) in [4.78, 5) is 15.6. The molecule has 0 aliphatic rings. The summed E-state index contributed by atoms with van der Waals surface area (Å²) < 4.78 is 0.549. The number of aliphatic imine (C=N–C) groups is 1. The maximum atomic E-state index is 12.0. The lowest BCUT2D eigenvalue weighted by Crippen LogP contribution is -2.38. The number of hydrogen-bond donors (Lipinski definition) is 1. The zero-order valence-electron chi connectivity index (χ0n) is 15.0. The van der Waals surface area contributed by atoms with Gasteiger partial charge in [0.25, 0.3) is 5.91 Å². The first-order valence-electron chi connectivity index (χ1n) is 7.95. The van der Waals surface area contributed by atoms with E-state index in [1.807, 2.05) is 52.8 Å². The minimum absolute atomic E-state index is 0.155. The van der Waals surface area contributed by atoms with E-state index in [2.05, 4.69) is 45.9 Å². The lowest BCUT2D eigenvalue weighted by atomic mass is 9.96. The molecule has 1 N–H and O–H groups in total. The maximum Gasteiger partial charge on any atom is 0.261 e. The van der Waals surface area contributed by atoms with Crippen molar-refractivity contribution in [2.45, 2.75) is 52.3 Å². The van der Waals surface area contributed by atoms with Crippen molar-refractivity contribution in [3.63, 3.8) is 0 Å². The minimum atomic E-state index is -0.539. The quantitative estimate of drug-likeness (QED) is 0.487. The highest BCUT2D eigenvalue weighted by Crippen LogP contribution is 2.34. The number of nitrogens with zero attached hydrogens (tertiary/aromatic N) is 1. The van der Waals surface area contributed by atoms with Crippen LogP contribution in [0.15, 0.2) is 33.7 Å². The first-order valence-corrected chi connectivity index (χ1v) is 9.73. The van der Waals surface area contributed by atoms with Crippen LogP contribution >= 0.6 is 27.7 Å². The number of thioether (sulfide) groups is 1. The van der Waals surface area contributed by atoms with Crippen molar-refractivity contribution in [2.75, 3.05) is 5.88 Å². The van der Waals surface area contributed by atoms with E-state index in [0.29, 0.717) is 5.88 Å². The van der Waals surface area contributed by atoms with E-state index in [1.54, 1.807) is 11.8 Å². The van der Waals surface area contributed by atoms with Gasteiger partial charge >= 0.3 is 0 Å². The van der Waals surface area contributed by atoms with Gasteiger partial charge in [-0.3, -0.25) is 4.79 Å². The maximum absolute atomic E-state index is 12.0. The van der Waals surface area contributed by atoms with Crippen molar-refractivity contribution in [1.82, 2.24) is 5.32 Å². The third-order valence-electron chi connectivity index (χ3n) is 3.80. The molecule has 130 valence electrons. The summed E-state index contributed by atoms with van der Waals surface area (Å²) in [7, 11) is 0. The standard InChI is InChI=1S/C16H23BrN2OS.C2H6/c1-11(2)16(4,15(20)18-5)21-10-19-12(3)13-8-6-7-9-14(13)17;1-2/h6-9,11-12,19H,5,10H2,1-4H3;1-2H3/t12-,16?;/m0./s1. The molecule has 0 aromatic heterocycles. The molecule has 0 radical (unpaired) electrons. The zero-order valence-corrected chi connectivity index (χ0v) is 17.4. The van der Waals surface area contributed by atoms with Crippen LogP contribution in [0.25, 0.3) is 0 Å². The third kappa shape index (κ3) is 6.40. The molecule has 0 fully saturated rings. The number of hydrogen-bond acceptors (Lipinski definition) is 3. The van der Waals surface area contributed by atoms with E-state index < -0.39 is 4.75 Å². The number of carbonyl (C=O) groups is 1. The Bertz CT molecular complexity index is 508. The lowest BCUT2D eigenvalue weighted by molar-refractivity contribution is -0.120. The average molecular weight is 401 g/mol. The molecule has 0 saturated heterocycles. The Morgan fingerprint density at radius 2 is 1.91 bits per heavy atom. The molecule has 1 rings (SSSR count). The zero-order chi connectivity index (χ0) is 18.0. The smallest absolute Gasteiger partial charge is 0.261 e. The van der Waals surface area contributed by atoms with Crippen LogP contribution in [0.4, 0.5) is 0 Å². The summed E-state index contributed by atoms with van der Waals surface area (Å²) in [5.74, 6) is 0.720. The van der Waals surface area contributed by atoms with Crippen molar-refractivity contribution in [2.24, 2.45) is 10.9 Å². The monoisotopic (exact) mass is 400 g/mol.